The van der Waals surface area contributed by atoms with Crippen molar-refractivity contribution in [3.05, 3.63) is 34.3 Å². The molecule has 0 fully saturated rings. The Balaban J connectivity index is 2.44. The summed E-state index contributed by atoms with van der Waals surface area (Å²) in [5, 5.41) is 3.52. The Morgan fingerprint density at radius 3 is 2.59 bits per heavy atom. The second-order valence-corrected chi connectivity index (χ2v) is 5.90. The molecule has 17 heavy (non-hydrogen) atoms. The predicted molar refractivity (Wildman–Crippen MR) is 76.1 cm³/mol. The normalized spacial score (nSPS) is 13.7. The topological polar surface area (TPSA) is 21.3 Å². The Morgan fingerprint density at radius 1 is 1.35 bits per heavy atom. The summed E-state index contributed by atoms with van der Waals surface area (Å²) < 4.78 is 6.59. The van der Waals surface area contributed by atoms with Crippen LogP contribution in [0.3, 0.4) is 0 Å². The average Bonchev–Trinajstić information content (AvgIpc) is 2.27. The second-order valence-electron chi connectivity index (χ2n) is 5.04. The first-order valence-electron chi connectivity index (χ1n) is 5.96. The largest absolute Gasteiger partial charge is 0.379 e. The van der Waals surface area contributed by atoms with Gasteiger partial charge in [-0.1, -0.05) is 34.1 Å². The van der Waals surface area contributed by atoms with Gasteiger partial charge in [-0.25, -0.2) is 0 Å². The molecular formula is C14H22BrNO. The van der Waals surface area contributed by atoms with Crippen LogP contribution in [0.2, 0.25) is 0 Å². The number of hydrogen-bond acceptors (Lipinski definition) is 2. The number of benzene rings is 1. The van der Waals surface area contributed by atoms with Gasteiger partial charge in [-0.15, -0.1) is 0 Å². The first-order chi connectivity index (χ1) is 7.94. The minimum Gasteiger partial charge on any atom is -0.379 e. The Labute approximate surface area is 113 Å². The highest BCUT2D eigenvalue weighted by Crippen LogP contribution is 2.18. The molecule has 0 bridgehead atoms. The van der Waals surface area contributed by atoms with Gasteiger partial charge in [0, 0.05) is 24.2 Å². The highest BCUT2D eigenvalue weighted by Gasteiger charge is 2.19. The SMILES string of the molecule is COC(C)(C)CC(C)NCc1ccccc1Br. The van der Waals surface area contributed by atoms with Crippen molar-refractivity contribution >= 4 is 15.9 Å². The third-order valence-corrected chi connectivity index (χ3v) is 3.72. The van der Waals surface area contributed by atoms with Gasteiger partial charge in [-0.2, -0.15) is 0 Å². The Morgan fingerprint density at radius 2 is 2.00 bits per heavy atom. The Kier molecular flexibility index (Phi) is 5.63. The molecule has 1 aromatic rings. The van der Waals surface area contributed by atoms with Crippen molar-refractivity contribution in [2.24, 2.45) is 0 Å². The molecule has 2 nitrogen and oxygen atoms in total. The molecule has 1 N–H and O–H groups in total. The highest BCUT2D eigenvalue weighted by atomic mass is 79.9. The summed E-state index contributed by atoms with van der Waals surface area (Å²) in [5.74, 6) is 0. The number of methoxy groups -OCH3 is 1. The van der Waals surface area contributed by atoms with Crippen LogP contribution in [0.1, 0.15) is 32.8 Å². The third-order valence-electron chi connectivity index (χ3n) is 2.95. The summed E-state index contributed by atoms with van der Waals surface area (Å²) in [5.41, 5.74) is 1.22. The number of ether oxygens (including phenoxy) is 1. The van der Waals surface area contributed by atoms with E-state index in [4.69, 9.17) is 4.74 Å². The molecule has 0 amide bonds. The fourth-order valence-electron chi connectivity index (χ4n) is 1.82. The molecule has 1 unspecified atom stereocenters. The standard InChI is InChI=1S/C14H22BrNO/c1-11(9-14(2,3)17-4)16-10-12-7-5-6-8-13(12)15/h5-8,11,16H,9-10H2,1-4H3. The van der Waals surface area contributed by atoms with Crippen molar-refractivity contribution in [1.29, 1.82) is 0 Å². The van der Waals surface area contributed by atoms with Gasteiger partial charge in [-0.05, 0) is 38.8 Å². The molecule has 0 aromatic heterocycles. The predicted octanol–water partition coefficient (Wildman–Crippen LogP) is 3.74. The third kappa shape index (κ3) is 5.19. The van der Waals surface area contributed by atoms with E-state index < -0.39 is 0 Å². The van der Waals surface area contributed by atoms with E-state index >= 15 is 0 Å². The smallest absolute Gasteiger partial charge is 0.0637 e. The average molecular weight is 300 g/mol. The summed E-state index contributed by atoms with van der Waals surface area (Å²) in [6.07, 6.45) is 0.994. The van der Waals surface area contributed by atoms with E-state index in [0.717, 1.165) is 17.4 Å². The summed E-state index contributed by atoms with van der Waals surface area (Å²) >= 11 is 3.56. The molecule has 1 aromatic carbocycles. The minimum atomic E-state index is -0.0691. The molecule has 0 aliphatic carbocycles. The quantitative estimate of drug-likeness (QED) is 0.864. The maximum Gasteiger partial charge on any atom is 0.0637 e. The molecule has 3 heteroatoms. The highest BCUT2D eigenvalue weighted by molar-refractivity contribution is 9.10. The van der Waals surface area contributed by atoms with Crippen LogP contribution in [0.4, 0.5) is 0 Å². The van der Waals surface area contributed by atoms with Gasteiger partial charge in [0.15, 0.2) is 0 Å². The molecule has 0 aliphatic heterocycles. The van der Waals surface area contributed by atoms with Crippen molar-refractivity contribution in [2.75, 3.05) is 7.11 Å². The van der Waals surface area contributed by atoms with E-state index in [9.17, 15) is 0 Å². The van der Waals surface area contributed by atoms with Gasteiger partial charge in [-0.3, -0.25) is 0 Å². The van der Waals surface area contributed by atoms with E-state index in [2.05, 4.69) is 60.2 Å². The van der Waals surface area contributed by atoms with Crippen molar-refractivity contribution in [3.63, 3.8) is 0 Å². The fourth-order valence-corrected chi connectivity index (χ4v) is 2.24. The molecule has 96 valence electrons. The molecule has 0 spiro atoms. The lowest BCUT2D eigenvalue weighted by molar-refractivity contribution is 0.00844. The molecule has 0 saturated carbocycles. The summed E-state index contributed by atoms with van der Waals surface area (Å²) in [6.45, 7) is 7.30. The van der Waals surface area contributed by atoms with Gasteiger partial charge in [0.25, 0.3) is 0 Å². The summed E-state index contributed by atoms with van der Waals surface area (Å²) in [4.78, 5) is 0. The fraction of sp³-hybridized carbons (Fsp3) is 0.571. The first-order valence-corrected chi connectivity index (χ1v) is 6.76. The van der Waals surface area contributed by atoms with Crippen LogP contribution in [0.5, 0.6) is 0 Å². The van der Waals surface area contributed by atoms with Crippen molar-refractivity contribution in [3.8, 4) is 0 Å². The van der Waals surface area contributed by atoms with Crippen LogP contribution in [-0.2, 0) is 11.3 Å². The van der Waals surface area contributed by atoms with E-state index in [1.165, 1.54) is 5.56 Å². The van der Waals surface area contributed by atoms with Gasteiger partial charge >= 0.3 is 0 Å². The zero-order valence-electron chi connectivity index (χ0n) is 11.1. The molecule has 1 rings (SSSR count). The van der Waals surface area contributed by atoms with Gasteiger partial charge in [0.2, 0.25) is 0 Å². The van der Waals surface area contributed by atoms with E-state index in [1.54, 1.807) is 7.11 Å². The van der Waals surface area contributed by atoms with Gasteiger partial charge in [0.1, 0.15) is 0 Å². The van der Waals surface area contributed by atoms with Crippen LogP contribution in [0.25, 0.3) is 0 Å². The lowest BCUT2D eigenvalue weighted by Crippen LogP contribution is -2.35. The monoisotopic (exact) mass is 299 g/mol. The molecule has 0 radical (unpaired) electrons. The van der Waals surface area contributed by atoms with Crippen molar-refractivity contribution in [1.82, 2.24) is 5.32 Å². The minimum absolute atomic E-state index is 0.0691. The lowest BCUT2D eigenvalue weighted by atomic mass is 10.00. The van der Waals surface area contributed by atoms with E-state index in [0.29, 0.717) is 6.04 Å². The first kappa shape index (κ1) is 14.7. The Hall–Kier alpha value is -0.380. The van der Waals surface area contributed by atoms with Crippen LogP contribution < -0.4 is 5.32 Å². The van der Waals surface area contributed by atoms with Crippen LogP contribution in [0, 0.1) is 0 Å². The van der Waals surface area contributed by atoms with Crippen LogP contribution in [0.15, 0.2) is 28.7 Å². The van der Waals surface area contributed by atoms with Crippen molar-refractivity contribution < 1.29 is 4.74 Å². The molecule has 0 saturated heterocycles. The lowest BCUT2D eigenvalue weighted by Gasteiger charge is -2.27. The van der Waals surface area contributed by atoms with E-state index in [-0.39, 0.29) is 5.60 Å². The zero-order valence-corrected chi connectivity index (χ0v) is 12.7. The number of nitrogens with one attached hydrogen (secondary N) is 1. The Bertz CT molecular complexity index is 352. The van der Waals surface area contributed by atoms with Crippen LogP contribution in [-0.4, -0.2) is 18.8 Å². The number of hydrogen-bond donors (Lipinski definition) is 1. The van der Waals surface area contributed by atoms with E-state index in [1.807, 2.05) is 6.07 Å². The molecule has 0 heterocycles. The summed E-state index contributed by atoms with van der Waals surface area (Å²) in [7, 11) is 1.76. The van der Waals surface area contributed by atoms with Gasteiger partial charge < -0.3 is 10.1 Å². The molecule has 0 aliphatic rings. The molecule has 1 atom stereocenters. The maximum atomic E-state index is 5.43. The maximum absolute atomic E-state index is 5.43. The van der Waals surface area contributed by atoms with Gasteiger partial charge in [0.05, 0.1) is 5.60 Å². The number of halogens is 1. The van der Waals surface area contributed by atoms with Crippen molar-refractivity contribution in [2.45, 2.75) is 45.4 Å². The number of rotatable bonds is 6. The zero-order chi connectivity index (χ0) is 12.9. The second kappa shape index (κ2) is 6.53. The summed E-state index contributed by atoms with van der Waals surface area (Å²) in [6, 6.07) is 8.72. The molecular weight excluding hydrogens is 278 g/mol. The van der Waals surface area contributed by atoms with Crippen LogP contribution >= 0.6 is 15.9 Å².